The smallest absolute Gasteiger partial charge is 0.119 e. The van der Waals surface area contributed by atoms with Crippen LogP contribution in [-0.2, 0) is 6.42 Å². The van der Waals surface area contributed by atoms with Gasteiger partial charge in [0.2, 0.25) is 0 Å². The molecule has 138 valence electrons. The summed E-state index contributed by atoms with van der Waals surface area (Å²) in [5, 5.41) is 8.93. The van der Waals surface area contributed by atoms with E-state index in [0.29, 0.717) is 6.61 Å². The molecule has 0 atom stereocenters. The molecule has 0 fully saturated rings. The summed E-state index contributed by atoms with van der Waals surface area (Å²) in [6.07, 6.45) is 1.92. The van der Waals surface area contributed by atoms with Crippen molar-refractivity contribution in [3.63, 3.8) is 0 Å². The Hall–Kier alpha value is -2.84. The minimum absolute atomic E-state index is 0.0218. The number of benzene rings is 3. The molecule has 0 radical (unpaired) electrons. The van der Waals surface area contributed by atoms with Crippen LogP contribution in [0.25, 0.3) is 5.57 Å². The van der Waals surface area contributed by atoms with E-state index < -0.39 is 0 Å². The van der Waals surface area contributed by atoms with Crippen LogP contribution in [0.4, 0.5) is 0 Å². The summed E-state index contributed by atoms with van der Waals surface area (Å²) in [4.78, 5) is 0. The molecule has 0 aliphatic carbocycles. The average molecular weight is 358 g/mol. The molecule has 0 aliphatic rings. The van der Waals surface area contributed by atoms with Gasteiger partial charge < -0.3 is 9.84 Å². The quantitative estimate of drug-likeness (QED) is 0.575. The van der Waals surface area contributed by atoms with Gasteiger partial charge in [0.25, 0.3) is 0 Å². The molecule has 0 heterocycles. The van der Waals surface area contributed by atoms with Crippen LogP contribution >= 0.6 is 0 Å². The fourth-order valence-electron chi connectivity index (χ4n) is 3.29. The summed E-state index contributed by atoms with van der Waals surface area (Å²) in [6, 6.07) is 29.4. The maximum Gasteiger partial charge on any atom is 0.119 e. The van der Waals surface area contributed by atoms with Gasteiger partial charge in [0.15, 0.2) is 0 Å². The van der Waals surface area contributed by atoms with Gasteiger partial charge in [-0.15, -0.1) is 0 Å². The Balaban J connectivity index is 2.02. The first-order valence-electron chi connectivity index (χ1n) is 9.47. The van der Waals surface area contributed by atoms with E-state index in [0.717, 1.165) is 18.6 Å². The fraction of sp³-hybridized carbons (Fsp3) is 0.200. The van der Waals surface area contributed by atoms with Crippen LogP contribution in [0.5, 0.6) is 5.75 Å². The Morgan fingerprint density at radius 3 is 1.96 bits per heavy atom. The summed E-state index contributed by atoms with van der Waals surface area (Å²) < 4.78 is 5.51. The average Bonchev–Trinajstić information content (AvgIpc) is 2.74. The van der Waals surface area contributed by atoms with Crippen LogP contribution in [0.15, 0.2) is 90.5 Å². The third kappa shape index (κ3) is 5.08. The maximum atomic E-state index is 8.93. The van der Waals surface area contributed by atoms with E-state index in [2.05, 4.69) is 79.7 Å². The van der Waals surface area contributed by atoms with E-state index in [1.807, 2.05) is 12.1 Å². The lowest BCUT2D eigenvalue weighted by molar-refractivity contribution is 0.201. The van der Waals surface area contributed by atoms with Crippen molar-refractivity contribution in [2.75, 3.05) is 13.2 Å². The normalized spacial score (nSPS) is 11.8. The molecule has 0 saturated heterocycles. The van der Waals surface area contributed by atoms with Crippen molar-refractivity contribution in [1.82, 2.24) is 0 Å². The van der Waals surface area contributed by atoms with Crippen molar-refractivity contribution in [1.29, 1.82) is 0 Å². The van der Waals surface area contributed by atoms with Crippen LogP contribution in [0.1, 0.15) is 30.0 Å². The SMILES string of the molecule is CC/C(Cc1ccccc1)=C(\c1ccccc1)c1ccc(OCCO)cc1. The number of hydrogen-bond acceptors (Lipinski definition) is 2. The summed E-state index contributed by atoms with van der Waals surface area (Å²) in [7, 11) is 0. The molecule has 0 aliphatic heterocycles. The van der Waals surface area contributed by atoms with E-state index in [1.54, 1.807) is 0 Å². The minimum Gasteiger partial charge on any atom is -0.491 e. The molecule has 0 bridgehead atoms. The first-order chi connectivity index (χ1) is 13.3. The standard InChI is InChI=1S/C25H26O2/c1-2-21(19-20-9-5-3-6-10-20)25(22-11-7-4-8-12-22)23-13-15-24(16-14-23)27-18-17-26/h3-16,26H,2,17-19H2,1H3/b25-21-. The summed E-state index contributed by atoms with van der Waals surface area (Å²) in [5.74, 6) is 0.779. The molecule has 3 rings (SSSR count). The number of hydrogen-bond donors (Lipinski definition) is 1. The molecule has 2 heteroatoms. The molecular weight excluding hydrogens is 332 g/mol. The lowest BCUT2D eigenvalue weighted by atomic mass is 9.88. The minimum atomic E-state index is 0.0218. The van der Waals surface area contributed by atoms with Gasteiger partial charge in [0.1, 0.15) is 12.4 Å². The Morgan fingerprint density at radius 1 is 0.778 bits per heavy atom. The van der Waals surface area contributed by atoms with Crippen LogP contribution in [0.3, 0.4) is 0 Å². The highest BCUT2D eigenvalue weighted by molar-refractivity contribution is 5.82. The van der Waals surface area contributed by atoms with Gasteiger partial charge in [-0.3, -0.25) is 0 Å². The largest absolute Gasteiger partial charge is 0.491 e. The van der Waals surface area contributed by atoms with Crippen LogP contribution in [0, 0.1) is 0 Å². The second-order valence-electron chi connectivity index (χ2n) is 6.46. The molecular formula is C25H26O2. The third-order valence-electron chi connectivity index (χ3n) is 4.61. The van der Waals surface area contributed by atoms with Crippen molar-refractivity contribution in [3.8, 4) is 5.75 Å². The lowest BCUT2D eigenvalue weighted by Crippen LogP contribution is -2.02. The van der Waals surface area contributed by atoms with Gasteiger partial charge in [0.05, 0.1) is 6.61 Å². The van der Waals surface area contributed by atoms with E-state index in [4.69, 9.17) is 9.84 Å². The van der Waals surface area contributed by atoms with E-state index >= 15 is 0 Å². The Morgan fingerprint density at radius 2 is 1.37 bits per heavy atom. The van der Waals surface area contributed by atoms with E-state index in [1.165, 1.54) is 27.8 Å². The van der Waals surface area contributed by atoms with Crippen molar-refractivity contribution < 1.29 is 9.84 Å². The first kappa shape index (κ1) is 18.9. The highest BCUT2D eigenvalue weighted by Crippen LogP contribution is 2.31. The second-order valence-corrected chi connectivity index (χ2v) is 6.46. The zero-order valence-electron chi connectivity index (χ0n) is 15.8. The van der Waals surface area contributed by atoms with Gasteiger partial charge in [0, 0.05) is 0 Å². The van der Waals surface area contributed by atoms with Gasteiger partial charge in [-0.05, 0) is 47.2 Å². The summed E-state index contributed by atoms with van der Waals surface area (Å²) >= 11 is 0. The first-order valence-corrected chi connectivity index (χ1v) is 9.47. The zero-order valence-corrected chi connectivity index (χ0v) is 15.8. The van der Waals surface area contributed by atoms with Crippen molar-refractivity contribution in [2.45, 2.75) is 19.8 Å². The Kier molecular flexibility index (Phi) is 6.84. The molecule has 0 unspecified atom stereocenters. The number of rotatable bonds is 8. The molecule has 1 N–H and O–H groups in total. The Labute approximate surface area is 161 Å². The van der Waals surface area contributed by atoms with Crippen molar-refractivity contribution in [3.05, 3.63) is 107 Å². The molecule has 3 aromatic rings. The fourth-order valence-corrected chi connectivity index (χ4v) is 3.29. The van der Waals surface area contributed by atoms with Crippen LogP contribution in [-0.4, -0.2) is 18.3 Å². The van der Waals surface area contributed by atoms with Crippen LogP contribution in [0.2, 0.25) is 0 Å². The predicted molar refractivity (Wildman–Crippen MR) is 112 cm³/mol. The Bertz CT molecular complexity index is 850. The monoisotopic (exact) mass is 358 g/mol. The van der Waals surface area contributed by atoms with Gasteiger partial charge >= 0.3 is 0 Å². The van der Waals surface area contributed by atoms with Gasteiger partial charge in [-0.25, -0.2) is 0 Å². The summed E-state index contributed by atoms with van der Waals surface area (Å²) in [6.45, 7) is 2.56. The maximum absolute atomic E-state index is 8.93. The zero-order chi connectivity index (χ0) is 18.9. The molecule has 0 amide bonds. The van der Waals surface area contributed by atoms with E-state index in [-0.39, 0.29) is 6.61 Å². The van der Waals surface area contributed by atoms with Gasteiger partial charge in [-0.1, -0.05) is 85.3 Å². The van der Waals surface area contributed by atoms with Gasteiger partial charge in [-0.2, -0.15) is 0 Å². The summed E-state index contributed by atoms with van der Waals surface area (Å²) in [5.41, 5.74) is 6.44. The number of ether oxygens (including phenoxy) is 1. The number of aliphatic hydroxyl groups excluding tert-OH is 1. The molecule has 0 aromatic heterocycles. The molecule has 3 aromatic carbocycles. The molecule has 2 nitrogen and oxygen atoms in total. The highest BCUT2D eigenvalue weighted by Gasteiger charge is 2.12. The van der Waals surface area contributed by atoms with Crippen molar-refractivity contribution in [2.24, 2.45) is 0 Å². The molecule has 0 saturated carbocycles. The predicted octanol–water partition coefficient (Wildman–Crippen LogP) is 5.51. The van der Waals surface area contributed by atoms with Crippen molar-refractivity contribution >= 4 is 5.57 Å². The molecule has 27 heavy (non-hydrogen) atoms. The third-order valence-corrected chi connectivity index (χ3v) is 4.61. The number of aliphatic hydroxyl groups is 1. The molecule has 0 spiro atoms. The number of allylic oxidation sites excluding steroid dienone is 1. The second kappa shape index (κ2) is 9.75. The topological polar surface area (TPSA) is 29.5 Å². The highest BCUT2D eigenvalue weighted by atomic mass is 16.5. The van der Waals surface area contributed by atoms with Crippen LogP contribution < -0.4 is 4.74 Å². The lowest BCUT2D eigenvalue weighted by Gasteiger charge is -2.16. The van der Waals surface area contributed by atoms with E-state index in [9.17, 15) is 0 Å².